The number of ether oxygens (including phenoxy) is 1. The van der Waals surface area contributed by atoms with Crippen LogP contribution in [-0.4, -0.2) is 12.1 Å². The predicted octanol–water partition coefficient (Wildman–Crippen LogP) is 4.08. The minimum atomic E-state index is -0.119. The quantitative estimate of drug-likeness (QED) is 0.504. The van der Waals surface area contributed by atoms with Crippen molar-refractivity contribution < 1.29 is 9.53 Å². The number of carbonyl (C=O) groups is 1. The molecule has 1 rings (SSSR count). The second-order valence-electron chi connectivity index (χ2n) is 5.10. The van der Waals surface area contributed by atoms with Crippen LogP contribution in [-0.2, 0) is 9.53 Å². The molecule has 94 valence electrons. The highest BCUT2D eigenvalue weighted by Gasteiger charge is 2.22. The lowest BCUT2D eigenvalue weighted by Gasteiger charge is -2.28. The van der Waals surface area contributed by atoms with Crippen LogP contribution in [0.25, 0.3) is 0 Å². The van der Waals surface area contributed by atoms with Crippen LogP contribution in [0.5, 0.6) is 0 Å². The molecule has 0 aromatic heterocycles. The van der Waals surface area contributed by atoms with Gasteiger partial charge in [-0.05, 0) is 31.6 Å². The predicted molar refractivity (Wildman–Crippen MR) is 66.3 cm³/mol. The maximum absolute atomic E-state index is 10.8. The fourth-order valence-electron chi connectivity index (χ4n) is 2.63. The summed E-state index contributed by atoms with van der Waals surface area (Å²) in [5, 5.41) is 0. The third kappa shape index (κ3) is 5.53. The van der Waals surface area contributed by atoms with Crippen molar-refractivity contribution in [2.24, 2.45) is 5.92 Å². The van der Waals surface area contributed by atoms with Crippen molar-refractivity contribution in [1.82, 2.24) is 0 Å². The molecule has 2 nitrogen and oxygen atoms in total. The highest BCUT2D eigenvalue weighted by molar-refractivity contribution is 5.66. The molecule has 0 heterocycles. The van der Waals surface area contributed by atoms with Gasteiger partial charge in [0.25, 0.3) is 0 Å². The molecule has 0 atom stereocenters. The third-order valence-corrected chi connectivity index (χ3v) is 3.59. The van der Waals surface area contributed by atoms with Crippen molar-refractivity contribution in [2.45, 2.75) is 77.7 Å². The van der Waals surface area contributed by atoms with Gasteiger partial charge in [-0.25, -0.2) is 0 Å². The number of hydrogen-bond donors (Lipinski definition) is 0. The van der Waals surface area contributed by atoms with Gasteiger partial charge in [-0.2, -0.15) is 0 Å². The number of unbranched alkanes of at least 4 members (excludes halogenated alkanes) is 3. The van der Waals surface area contributed by atoms with Gasteiger partial charge in [-0.1, -0.05) is 39.0 Å². The zero-order valence-corrected chi connectivity index (χ0v) is 10.8. The molecule has 0 aromatic carbocycles. The van der Waals surface area contributed by atoms with Gasteiger partial charge in [-0.3, -0.25) is 4.79 Å². The Morgan fingerprint density at radius 3 is 2.38 bits per heavy atom. The van der Waals surface area contributed by atoms with Gasteiger partial charge in [0.05, 0.1) is 0 Å². The van der Waals surface area contributed by atoms with Crippen molar-refractivity contribution in [3.63, 3.8) is 0 Å². The zero-order valence-electron chi connectivity index (χ0n) is 10.8. The van der Waals surface area contributed by atoms with E-state index in [4.69, 9.17) is 4.74 Å². The number of rotatable bonds is 6. The van der Waals surface area contributed by atoms with Crippen LogP contribution in [0, 0.1) is 5.92 Å². The lowest BCUT2D eigenvalue weighted by atomic mass is 9.84. The normalized spacial score (nSPS) is 25.4. The summed E-state index contributed by atoms with van der Waals surface area (Å²) in [6.45, 7) is 3.77. The molecule has 16 heavy (non-hydrogen) atoms. The van der Waals surface area contributed by atoms with Crippen molar-refractivity contribution in [2.75, 3.05) is 0 Å². The number of carbonyl (C=O) groups excluding carboxylic acids is 1. The fraction of sp³-hybridized carbons (Fsp3) is 0.929. The summed E-state index contributed by atoms with van der Waals surface area (Å²) in [5.41, 5.74) is 0. The SMILES string of the molecule is CCCCCCC1CCC(OC(C)=O)CC1. The summed E-state index contributed by atoms with van der Waals surface area (Å²) < 4.78 is 5.24. The summed E-state index contributed by atoms with van der Waals surface area (Å²) in [6, 6.07) is 0. The summed E-state index contributed by atoms with van der Waals surface area (Å²) in [5.74, 6) is 0.773. The van der Waals surface area contributed by atoms with Crippen LogP contribution in [0.15, 0.2) is 0 Å². The Balaban J connectivity index is 2.05. The average Bonchev–Trinajstić information content (AvgIpc) is 2.26. The largest absolute Gasteiger partial charge is 0.463 e. The van der Waals surface area contributed by atoms with Crippen molar-refractivity contribution >= 4 is 5.97 Å². The minimum absolute atomic E-state index is 0.119. The molecule has 0 aromatic rings. The lowest BCUT2D eigenvalue weighted by molar-refractivity contribution is -0.148. The molecular weight excluding hydrogens is 200 g/mol. The number of hydrogen-bond acceptors (Lipinski definition) is 2. The van der Waals surface area contributed by atoms with E-state index in [9.17, 15) is 4.79 Å². The van der Waals surface area contributed by atoms with E-state index in [0.29, 0.717) is 0 Å². The molecule has 0 amide bonds. The van der Waals surface area contributed by atoms with Gasteiger partial charge < -0.3 is 4.74 Å². The van der Waals surface area contributed by atoms with Gasteiger partial charge in [0.1, 0.15) is 6.10 Å². The highest BCUT2D eigenvalue weighted by Crippen LogP contribution is 2.30. The van der Waals surface area contributed by atoms with Crippen molar-refractivity contribution in [1.29, 1.82) is 0 Å². The van der Waals surface area contributed by atoms with E-state index in [1.807, 2.05) is 0 Å². The van der Waals surface area contributed by atoms with E-state index >= 15 is 0 Å². The molecule has 1 fully saturated rings. The van der Waals surface area contributed by atoms with Gasteiger partial charge in [0, 0.05) is 6.92 Å². The fourth-order valence-corrected chi connectivity index (χ4v) is 2.63. The van der Waals surface area contributed by atoms with E-state index in [1.54, 1.807) is 0 Å². The Kier molecular flexibility index (Phi) is 6.51. The molecule has 0 spiro atoms. The van der Waals surface area contributed by atoms with Gasteiger partial charge >= 0.3 is 5.97 Å². The Morgan fingerprint density at radius 2 is 1.81 bits per heavy atom. The Hall–Kier alpha value is -0.530. The van der Waals surface area contributed by atoms with E-state index < -0.39 is 0 Å². The Labute approximate surface area is 99.8 Å². The molecule has 1 aliphatic carbocycles. The second-order valence-corrected chi connectivity index (χ2v) is 5.10. The molecule has 0 saturated heterocycles. The molecule has 1 aliphatic rings. The van der Waals surface area contributed by atoms with Crippen LogP contribution >= 0.6 is 0 Å². The first-order chi connectivity index (χ1) is 7.72. The summed E-state index contributed by atoms with van der Waals surface area (Å²) >= 11 is 0. The molecule has 2 heteroatoms. The van der Waals surface area contributed by atoms with E-state index in [-0.39, 0.29) is 12.1 Å². The molecular formula is C14H26O2. The first-order valence-corrected chi connectivity index (χ1v) is 6.89. The average molecular weight is 226 g/mol. The molecule has 0 unspecified atom stereocenters. The third-order valence-electron chi connectivity index (χ3n) is 3.59. The first-order valence-electron chi connectivity index (χ1n) is 6.89. The van der Waals surface area contributed by atoms with E-state index in [1.165, 1.54) is 51.9 Å². The Bertz CT molecular complexity index is 193. The molecule has 0 N–H and O–H groups in total. The highest BCUT2D eigenvalue weighted by atomic mass is 16.5. The minimum Gasteiger partial charge on any atom is -0.463 e. The maximum atomic E-state index is 10.8. The number of esters is 1. The lowest BCUT2D eigenvalue weighted by Crippen LogP contribution is -2.23. The van der Waals surface area contributed by atoms with Crippen LogP contribution < -0.4 is 0 Å². The maximum Gasteiger partial charge on any atom is 0.302 e. The second kappa shape index (κ2) is 7.70. The van der Waals surface area contributed by atoms with E-state index in [0.717, 1.165) is 18.8 Å². The summed E-state index contributed by atoms with van der Waals surface area (Å²) in [4.78, 5) is 10.8. The molecule has 0 radical (unpaired) electrons. The first kappa shape index (κ1) is 13.5. The topological polar surface area (TPSA) is 26.3 Å². The van der Waals surface area contributed by atoms with Crippen molar-refractivity contribution in [3.05, 3.63) is 0 Å². The smallest absolute Gasteiger partial charge is 0.302 e. The monoisotopic (exact) mass is 226 g/mol. The standard InChI is InChI=1S/C14H26O2/c1-3-4-5-6-7-13-8-10-14(11-9-13)16-12(2)15/h13-14H,3-11H2,1-2H3. The zero-order chi connectivity index (χ0) is 11.8. The van der Waals surface area contributed by atoms with Crippen LogP contribution in [0.4, 0.5) is 0 Å². The van der Waals surface area contributed by atoms with Gasteiger partial charge in [0.2, 0.25) is 0 Å². The summed E-state index contributed by atoms with van der Waals surface area (Å²) in [7, 11) is 0. The summed E-state index contributed by atoms with van der Waals surface area (Å²) in [6.07, 6.45) is 11.7. The van der Waals surface area contributed by atoms with Gasteiger partial charge in [-0.15, -0.1) is 0 Å². The molecule has 0 aliphatic heterocycles. The van der Waals surface area contributed by atoms with Crippen molar-refractivity contribution in [3.8, 4) is 0 Å². The van der Waals surface area contributed by atoms with Gasteiger partial charge in [0.15, 0.2) is 0 Å². The van der Waals surface area contributed by atoms with Crippen LogP contribution in [0.1, 0.15) is 71.6 Å². The molecule has 1 saturated carbocycles. The Morgan fingerprint density at radius 1 is 1.12 bits per heavy atom. The molecule has 0 bridgehead atoms. The van der Waals surface area contributed by atoms with Crippen LogP contribution in [0.3, 0.4) is 0 Å². The van der Waals surface area contributed by atoms with E-state index in [2.05, 4.69) is 6.92 Å². The van der Waals surface area contributed by atoms with Crippen LogP contribution in [0.2, 0.25) is 0 Å².